The number of aryl methyl sites for hydroxylation is 1. The van der Waals surface area contributed by atoms with Gasteiger partial charge in [-0.15, -0.1) is 0 Å². The van der Waals surface area contributed by atoms with Gasteiger partial charge in [0.25, 0.3) is 0 Å². The third kappa shape index (κ3) is 1.07. The molecule has 0 radical (unpaired) electrons. The normalized spacial score (nSPS) is 16.4. The summed E-state index contributed by atoms with van der Waals surface area (Å²) >= 11 is 6.14. The van der Waals surface area contributed by atoms with Crippen LogP contribution in [0.5, 0.6) is 0 Å². The van der Waals surface area contributed by atoms with Gasteiger partial charge >= 0.3 is 0 Å². The molecule has 0 bridgehead atoms. The highest BCUT2D eigenvalue weighted by Crippen LogP contribution is 2.42. The van der Waals surface area contributed by atoms with E-state index in [0.717, 1.165) is 22.0 Å². The Balaban J connectivity index is 2.34. The zero-order valence-corrected chi connectivity index (χ0v) is 8.75. The summed E-state index contributed by atoms with van der Waals surface area (Å²) in [7, 11) is 2.07. The largest absolute Gasteiger partial charge is 0.345 e. The molecule has 0 unspecified atom stereocenters. The number of aromatic nitrogens is 2. The van der Waals surface area contributed by atoms with E-state index in [4.69, 9.17) is 11.6 Å². The smallest absolute Gasteiger partial charge is 0.0899 e. The molecule has 1 saturated carbocycles. The van der Waals surface area contributed by atoms with Crippen molar-refractivity contribution in [3.05, 3.63) is 29.0 Å². The molecule has 1 fully saturated rings. The first-order valence-electron chi connectivity index (χ1n) is 4.87. The van der Waals surface area contributed by atoms with Crippen LogP contribution in [0.15, 0.2) is 18.3 Å². The minimum absolute atomic E-state index is 0.741. The lowest BCUT2D eigenvalue weighted by molar-refractivity contribution is 0.857. The summed E-state index contributed by atoms with van der Waals surface area (Å²) in [5.74, 6) is 0.741. The molecule has 2 nitrogen and oxygen atoms in total. The summed E-state index contributed by atoms with van der Waals surface area (Å²) in [5, 5.41) is 0.796. The molecule has 14 heavy (non-hydrogen) atoms. The number of hydrogen-bond acceptors (Lipinski definition) is 1. The molecule has 2 heterocycles. The molecule has 2 aromatic rings. The fourth-order valence-corrected chi connectivity index (χ4v) is 2.30. The molecule has 0 amide bonds. The van der Waals surface area contributed by atoms with Crippen LogP contribution in [0.1, 0.15) is 24.5 Å². The second kappa shape index (κ2) is 2.74. The van der Waals surface area contributed by atoms with Crippen molar-refractivity contribution in [3.8, 4) is 0 Å². The second-order valence-electron chi connectivity index (χ2n) is 3.93. The summed E-state index contributed by atoms with van der Waals surface area (Å²) in [4.78, 5) is 4.33. The van der Waals surface area contributed by atoms with E-state index in [2.05, 4.69) is 22.7 Å². The lowest BCUT2D eigenvalue weighted by Gasteiger charge is -2.02. The van der Waals surface area contributed by atoms with E-state index in [9.17, 15) is 0 Å². The summed E-state index contributed by atoms with van der Waals surface area (Å²) in [6, 6.07) is 4.01. The van der Waals surface area contributed by atoms with Crippen molar-refractivity contribution >= 4 is 22.6 Å². The van der Waals surface area contributed by atoms with Crippen LogP contribution in [0, 0.1) is 0 Å². The molecule has 3 rings (SSSR count). The topological polar surface area (TPSA) is 17.8 Å². The van der Waals surface area contributed by atoms with Crippen molar-refractivity contribution in [2.24, 2.45) is 7.05 Å². The van der Waals surface area contributed by atoms with Gasteiger partial charge in [0.05, 0.1) is 16.1 Å². The molecule has 1 aliphatic rings. The summed E-state index contributed by atoms with van der Waals surface area (Å²) in [5.41, 5.74) is 3.46. The van der Waals surface area contributed by atoms with Crippen LogP contribution < -0.4 is 0 Å². The maximum Gasteiger partial charge on any atom is 0.0899 e. The van der Waals surface area contributed by atoms with Gasteiger partial charge in [0.15, 0.2) is 0 Å². The van der Waals surface area contributed by atoms with Gasteiger partial charge in [0.1, 0.15) is 0 Å². The lowest BCUT2D eigenvalue weighted by Crippen LogP contribution is -1.93. The van der Waals surface area contributed by atoms with Crippen molar-refractivity contribution in [1.29, 1.82) is 0 Å². The average molecular weight is 207 g/mol. The average Bonchev–Trinajstić information content (AvgIpc) is 2.93. The fraction of sp³-hybridized carbons (Fsp3) is 0.364. The van der Waals surface area contributed by atoms with E-state index in [1.807, 2.05) is 6.07 Å². The Morgan fingerprint density at radius 2 is 2.29 bits per heavy atom. The molecule has 2 aromatic heterocycles. The van der Waals surface area contributed by atoms with E-state index < -0.39 is 0 Å². The molecule has 0 aromatic carbocycles. The molecule has 0 atom stereocenters. The number of pyridine rings is 1. The van der Waals surface area contributed by atoms with E-state index in [-0.39, 0.29) is 0 Å². The maximum atomic E-state index is 6.14. The molecule has 0 spiro atoms. The van der Waals surface area contributed by atoms with Gasteiger partial charge in [-0.1, -0.05) is 11.6 Å². The van der Waals surface area contributed by atoms with Crippen LogP contribution >= 0.6 is 11.6 Å². The molecular formula is C11H11ClN2. The van der Waals surface area contributed by atoms with E-state index in [1.165, 1.54) is 18.5 Å². The van der Waals surface area contributed by atoms with Crippen LogP contribution in [0.4, 0.5) is 0 Å². The number of hydrogen-bond donors (Lipinski definition) is 0. The number of rotatable bonds is 1. The van der Waals surface area contributed by atoms with Crippen molar-refractivity contribution in [2.75, 3.05) is 0 Å². The molecule has 0 aliphatic heterocycles. The Morgan fingerprint density at radius 1 is 1.50 bits per heavy atom. The van der Waals surface area contributed by atoms with Crippen LogP contribution in [0.3, 0.4) is 0 Å². The lowest BCUT2D eigenvalue weighted by atomic mass is 10.3. The van der Waals surface area contributed by atoms with Crippen LogP contribution in [-0.2, 0) is 7.05 Å². The Bertz CT molecular complexity index is 497. The van der Waals surface area contributed by atoms with Gasteiger partial charge in [-0.2, -0.15) is 0 Å². The SMILES string of the molecule is Cn1c(C2CC2)cc2nccc(Cl)c21. The third-order valence-electron chi connectivity index (χ3n) is 2.91. The highest BCUT2D eigenvalue weighted by Gasteiger charge is 2.27. The van der Waals surface area contributed by atoms with Crippen molar-refractivity contribution < 1.29 is 0 Å². The highest BCUT2D eigenvalue weighted by molar-refractivity contribution is 6.34. The zero-order valence-electron chi connectivity index (χ0n) is 8.00. The van der Waals surface area contributed by atoms with Gasteiger partial charge in [-0.25, -0.2) is 0 Å². The van der Waals surface area contributed by atoms with Gasteiger partial charge in [-0.05, 0) is 30.9 Å². The molecule has 0 saturated heterocycles. The number of halogens is 1. The summed E-state index contributed by atoms with van der Waals surface area (Å²) in [6.45, 7) is 0. The fourth-order valence-electron chi connectivity index (χ4n) is 2.02. The Labute approximate surface area is 87.5 Å². The van der Waals surface area contributed by atoms with Crippen LogP contribution in [-0.4, -0.2) is 9.55 Å². The molecular weight excluding hydrogens is 196 g/mol. The monoisotopic (exact) mass is 206 g/mol. The first-order chi connectivity index (χ1) is 6.77. The predicted molar refractivity (Wildman–Crippen MR) is 57.7 cm³/mol. The number of fused-ring (bicyclic) bond motifs is 1. The van der Waals surface area contributed by atoms with Gasteiger partial charge in [0.2, 0.25) is 0 Å². The van der Waals surface area contributed by atoms with Gasteiger partial charge in [-0.3, -0.25) is 4.98 Å². The highest BCUT2D eigenvalue weighted by atomic mass is 35.5. The Morgan fingerprint density at radius 3 is 2.93 bits per heavy atom. The maximum absolute atomic E-state index is 6.14. The standard InChI is InChI=1S/C11H11ClN2/c1-14-10(7-2-3-7)6-9-11(14)8(12)4-5-13-9/h4-7H,2-3H2,1H3. The van der Waals surface area contributed by atoms with Gasteiger partial charge in [0, 0.05) is 18.9 Å². The molecule has 0 N–H and O–H groups in total. The van der Waals surface area contributed by atoms with Crippen molar-refractivity contribution in [2.45, 2.75) is 18.8 Å². The first kappa shape index (κ1) is 8.30. The van der Waals surface area contributed by atoms with E-state index in [0.29, 0.717) is 0 Å². The molecule has 1 aliphatic carbocycles. The molecule has 3 heteroatoms. The van der Waals surface area contributed by atoms with Gasteiger partial charge < -0.3 is 4.57 Å². The van der Waals surface area contributed by atoms with Crippen molar-refractivity contribution in [3.63, 3.8) is 0 Å². The Hall–Kier alpha value is -1.02. The van der Waals surface area contributed by atoms with Crippen LogP contribution in [0.2, 0.25) is 5.02 Å². The molecule has 72 valence electrons. The summed E-state index contributed by atoms with van der Waals surface area (Å²) < 4.78 is 2.18. The third-order valence-corrected chi connectivity index (χ3v) is 3.21. The quantitative estimate of drug-likeness (QED) is 0.701. The minimum atomic E-state index is 0.741. The Kier molecular flexibility index (Phi) is 1.62. The first-order valence-corrected chi connectivity index (χ1v) is 5.25. The summed E-state index contributed by atoms with van der Waals surface area (Å²) in [6.07, 6.45) is 4.38. The second-order valence-corrected chi connectivity index (χ2v) is 4.34. The van der Waals surface area contributed by atoms with E-state index in [1.54, 1.807) is 6.20 Å². The minimum Gasteiger partial charge on any atom is -0.345 e. The predicted octanol–water partition coefficient (Wildman–Crippen LogP) is 3.10. The van der Waals surface area contributed by atoms with E-state index >= 15 is 0 Å². The van der Waals surface area contributed by atoms with Crippen LogP contribution in [0.25, 0.3) is 11.0 Å². The van der Waals surface area contributed by atoms with Crippen molar-refractivity contribution in [1.82, 2.24) is 9.55 Å². The number of nitrogens with zero attached hydrogens (tertiary/aromatic N) is 2. The zero-order chi connectivity index (χ0) is 9.71.